The Bertz CT molecular complexity index is 977. The van der Waals surface area contributed by atoms with Crippen LogP contribution in [0.1, 0.15) is 5.56 Å². The van der Waals surface area contributed by atoms with Crippen LogP contribution >= 0.6 is 11.3 Å². The van der Waals surface area contributed by atoms with Gasteiger partial charge in [0.1, 0.15) is 0 Å². The quantitative estimate of drug-likeness (QED) is 0.588. The predicted octanol–water partition coefficient (Wildman–Crippen LogP) is 3.50. The van der Waals surface area contributed by atoms with Crippen molar-refractivity contribution in [3.63, 3.8) is 0 Å². The Morgan fingerprint density at radius 2 is 1.51 bits per heavy atom. The second-order valence-corrected chi connectivity index (χ2v) is 8.23. The molecule has 0 radical (unpaired) electrons. The summed E-state index contributed by atoms with van der Waals surface area (Å²) in [6, 6.07) is 6.14. The summed E-state index contributed by atoms with van der Waals surface area (Å²) in [5.41, 5.74) is 2.34. The van der Waals surface area contributed by atoms with Gasteiger partial charge in [0, 0.05) is 49.9 Å². The van der Waals surface area contributed by atoms with Crippen LogP contribution in [-0.4, -0.2) is 69.9 Å². The second-order valence-electron chi connectivity index (χ2n) is 7.45. The second kappa shape index (κ2) is 11.5. The smallest absolute Gasteiger partial charge is 0.475 e. The van der Waals surface area contributed by atoms with Crippen LogP contribution < -0.4 is 4.90 Å². The minimum atomic E-state index is -5.08. The van der Waals surface area contributed by atoms with Crippen molar-refractivity contribution in [2.45, 2.75) is 18.9 Å². The molecule has 2 atom stereocenters. The van der Waals surface area contributed by atoms with Gasteiger partial charge in [0.2, 0.25) is 5.91 Å². The van der Waals surface area contributed by atoms with Crippen molar-refractivity contribution in [1.82, 2.24) is 9.88 Å². The third kappa shape index (κ3) is 8.20. The number of hydrogen-bond donors (Lipinski definition) is 2. The number of carboxylic acid groups (broad SMARTS) is 2. The van der Waals surface area contributed by atoms with E-state index in [-0.39, 0.29) is 5.92 Å². The zero-order valence-corrected chi connectivity index (χ0v) is 18.5. The Morgan fingerprint density at radius 3 is 1.94 bits per heavy atom. The van der Waals surface area contributed by atoms with Crippen molar-refractivity contribution < 1.29 is 50.9 Å². The SMILES string of the molecule is O=C(O)C(F)(F)F.O=C(O)C(F)(F)F.O=C1[C@H]2CN(Cc3ccncc3)C[C@H]2CN1c1ccsc1. The first-order chi connectivity index (χ1) is 16.2. The zero-order valence-electron chi connectivity index (χ0n) is 17.7. The fourth-order valence-electron chi connectivity index (χ4n) is 3.47. The van der Waals surface area contributed by atoms with Gasteiger partial charge in [0.05, 0.1) is 11.6 Å². The number of pyridine rings is 1. The molecule has 35 heavy (non-hydrogen) atoms. The molecular formula is C20H19F6N3O5S. The molecule has 2 fully saturated rings. The van der Waals surface area contributed by atoms with E-state index >= 15 is 0 Å². The summed E-state index contributed by atoms with van der Waals surface area (Å²) >= 11 is 1.65. The summed E-state index contributed by atoms with van der Waals surface area (Å²) in [6.45, 7) is 3.68. The van der Waals surface area contributed by atoms with Gasteiger partial charge in [-0.15, -0.1) is 0 Å². The molecule has 0 bridgehead atoms. The molecule has 2 aromatic heterocycles. The van der Waals surface area contributed by atoms with E-state index in [0.717, 1.165) is 31.9 Å². The number of carbonyl (C=O) groups is 3. The molecule has 2 saturated heterocycles. The van der Waals surface area contributed by atoms with Crippen molar-refractivity contribution >= 4 is 34.9 Å². The number of likely N-dealkylation sites (tertiary alicyclic amines) is 1. The molecule has 0 saturated carbocycles. The fourth-order valence-corrected chi connectivity index (χ4v) is 4.11. The number of hydrogen-bond acceptors (Lipinski definition) is 6. The molecule has 1 amide bonds. The van der Waals surface area contributed by atoms with Gasteiger partial charge >= 0.3 is 24.3 Å². The van der Waals surface area contributed by atoms with Crippen LogP contribution in [0.5, 0.6) is 0 Å². The van der Waals surface area contributed by atoms with Crippen LogP contribution in [0.25, 0.3) is 0 Å². The van der Waals surface area contributed by atoms with E-state index in [2.05, 4.69) is 15.3 Å². The number of halogens is 6. The Labute approximate surface area is 198 Å². The van der Waals surface area contributed by atoms with Gasteiger partial charge in [-0.05, 0) is 29.1 Å². The summed E-state index contributed by atoms with van der Waals surface area (Å²) in [7, 11) is 0. The minimum absolute atomic E-state index is 0.173. The molecule has 192 valence electrons. The highest BCUT2D eigenvalue weighted by Crippen LogP contribution is 2.36. The van der Waals surface area contributed by atoms with Gasteiger partial charge in [-0.25, -0.2) is 9.59 Å². The normalized spacial score (nSPS) is 19.8. The molecule has 0 aromatic carbocycles. The van der Waals surface area contributed by atoms with E-state index in [0.29, 0.717) is 11.8 Å². The largest absolute Gasteiger partial charge is 0.490 e. The summed E-state index contributed by atoms with van der Waals surface area (Å²) in [5, 5.41) is 18.3. The molecule has 0 unspecified atom stereocenters. The first-order valence-corrected chi connectivity index (χ1v) is 10.7. The number of carbonyl (C=O) groups excluding carboxylic acids is 1. The summed E-state index contributed by atoms with van der Waals surface area (Å²) in [5.74, 6) is -4.57. The van der Waals surface area contributed by atoms with E-state index in [1.54, 1.807) is 11.3 Å². The highest BCUT2D eigenvalue weighted by atomic mass is 32.1. The molecular weight excluding hydrogens is 508 g/mol. The molecule has 15 heteroatoms. The molecule has 2 N–H and O–H groups in total. The van der Waals surface area contributed by atoms with Crippen LogP contribution in [0.3, 0.4) is 0 Å². The Balaban J connectivity index is 0.000000257. The number of alkyl halides is 6. The van der Waals surface area contributed by atoms with Gasteiger partial charge in [-0.1, -0.05) is 0 Å². The lowest BCUT2D eigenvalue weighted by molar-refractivity contribution is -0.193. The standard InChI is InChI=1S/C16H17N3OS.2C2HF3O2/c20-16-15-10-18(7-12-1-4-17-5-2-12)8-13(15)9-19(16)14-3-6-21-11-14;2*3-2(4,5)1(6)7/h1-6,11,13,15H,7-10H2;2*(H,6,7)/t13-,15-;;/m0../s1. The number of carboxylic acids is 2. The third-order valence-electron chi connectivity index (χ3n) is 4.98. The van der Waals surface area contributed by atoms with E-state index in [9.17, 15) is 31.1 Å². The van der Waals surface area contributed by atoms with Crippen LogP contribution in [0.15, 0.2) is 41.4 Å². The Kier molecular flexibility index (Phi) is 9.20. The van der Waals surface area contributed by atoms with Crippen molar-refractivity contribution in [1.29, 1.82) is 0 Å². The van der Waals surface area contributed by atoms with E-state index < -0.39 is 24.3 Å². The number of anilines is 1. The van der Waals surface area contributed by atoms with Gasteiger partial charge < -0.3 is 15.1 Å². The Morgan fingerprint density at radius 1 is 0.971 bits per heavy atom. The van der Waals surface area contributed by atoms with E-state index in [1.165, 1.54) is 5.56 Å². The van der Waals surface area contributed by atoms with Gasteiger partial charge in [0.15, 0.2) is 0 Å². The first-order valence-electron chi connectivity index (χ1n) is 9.75. The van der Waals surface area contributed by atoms with Gasteiger partial charge in [-0.3, -0.25) is 14.7 Å². The van der Waals surface area contributed by atoms with E-state index in [1.807, 2.05) is 40.9 Å². The maximum Gasteiger partial charge on any atom is 0.490 e. The molecule has 2 aliphatic rings. The fraction of sp³-hybridized carbons (Fsp3) is 0.400. The molecule has 0 spiro atoms. The molecule has 8 nitrogen and oxygen atoms in total. The number of fused-ring (bicyclic) bond motifs is 1. The number of thiophene rings is 1. The maximum atomic E-state index is 12.6. The van der Waals surface area contributed by atoms with Crippen LogP contribution in [0.2, 0.25) is 0 Å². The molecule has 0 aliphatic carbocycles. The Hall–Kier alpha value is -3.20. The van der Waals surface area contributed by atoms with Gasteiger partial charge in [-0.2, -0.15) is 37.7 Å². The van der Waals surface area contributed by atoms with Crippen LogP contribution in [0, 0.1) is 11.8 Å². The average Bonchev–Trinajstić information content (AvgIpc) is 3.47. The lowest BCUT2D eigenvalue weighted by atomic mass is 10.0. The number of aliphatic carboxylic acids is 2. The molecule has 2 aromatic rings. The maximum absolute atomic E-state index is 12.6. The number of nitrogens with zero attached hydrogens (tertiary/aromatic N) is 3. The summed E-state index contributed by atoms with van der Waals surface area (Å²) < 4.78 is 63.5. The zero-order chi connectivity index (χ0) is 26.4. The summed E-state index contributed by atoms with van der Waals surface area (Å²) in [4.78, 5) is 38.8. The van der Waals surface area contributed by atoms with Crippen molar-refractivity contribution in [3.8, 4) is 0 Å². The molecule has 2 aliphatic heterocycles. The van der Waals surface area contributed by atoms with E-state index in [4.69, 9.17) is 19.8 Å². The van der Waals surface area contributed by atoms with Gasteiger partial charge in [0.25, 0.3) is 0 Å². The minimum Gasteiger partial charge on any atom is -0.475 e. The highest BCUT2D eigenvalue weighted by molar-refractivity contribution is 7.08. The lowest BCUT2D eigenvalue weighted by Crippen LogP contribution is -2.32. The molecule has 4 heterocycles. The monoisotopic (exact) mass is 527 g/mol. The van der Waals surface area contributed by atoms with Crippen molar-refractivity contribution in [2.75, 3.05) is 24.5 Å². The van der Waals surface area contributed by atoms with Crippen molar-refractivity contribution in [3.05, 3.63) is 46.9 Å². The lowest BCUT2D eigenvalue weighted by Gasteiger charge is -2.20. The number of rotatable bonds is 3. The van der Waals surface area contributed by atoms with Crippen LogP contribution in [0.4, 0.5) is 32.0 Å². The number of aromatic nitrogens is 1. The predicted molar refractivity (Wildman–Crippen MR) is 111 cm³/mol. The highest BCUT2D eigenvalue weighted by Gasteiger charge is 2.46. The molecule has 4 rings (SSSR count). The summed E-state index contributed by atoms with van der Waals surface area (Å²) in [6.07, 6.45) is -6.51. The van der Waals surface area contributed by atoms with Crippen LogP contribution in [-0.2, 0) is 20.9 Å². The topological polar surface area (TPSA) is 111 Å². The van der Waals surface area contributed by atoms with Crippen molar-refractivity contribution in [2.24, 2.45) is 11.8 Å². The third-order valence-corrected chi connectivity index (χ3v) is 5.65. The number of amides is 1. The average molecular weight is 527 g/mol. The first kappa shape index (κ1) is 28.0.